The van der Waals surface area contributed by atoms with E-state index in [1.165, 1.54) is 11.3 Å². The molecule has 0 aromatic carbocycles. The highest BCUT2D eigenvalue weighted by Crippen LogP contribution is 2.41. The third kappa shape index (κ3) is 4.97. The van der Waals surface area contributed by atoms with E-state index in [9.17, 15) is 18.6 Å². The lowest BCUT2D eigenvalue weighted by Crippen LogP contribution is -2.48. The summed E-state index contributed by atoms with van der Waals surface area (Å²) in [6, 6.07) is 2.31. The van der Waals surface area contributed by atoms with Crippen LogP contribution in [0, 0.1) is 26.7 Å². The van der Waals surface area contributed by atoms with E-state index < -0.39 is 27.6 Å². The molecule has 0 aliphatic heterocycles. The van der Waals surface area contributed by atoms with Crippen molar-refractivity contribution in [2.75, 3.05) is 22.6 Å². The summed E-state index contributed by atoms with van der Waals surface area (Å²) in [6.45, 7) is 5.73. The van der Waals surface area contributed by atoms with Crippen LogP contribution in [0.2, 0.25) is 0 Å². The van der Waals surface area contributed by atoms with Gasteiger partial charge in [0, 0.05) is 23.9 Å². The second kappa shape index (κ2) is 8.61. The number of thiazole rings is 1. The van der Waals surface area contributed by atoms with Gasteiger partial charge < -0.3 is 20.8 Å². The van der Waals surface area contributed by atoms with Crippen LogP contribution in [0.3, 0.4) is 0 Å². The Bertz CT molecular complexity index is 1400. The van der Waals surface area contributed by atoms with Crippen LogP contribution in [0.5, 0.6) is 0 Å². The lowest BCUT2D eigenvalue weighted by atomic mass is 10.0. The van der Waals surface area contributed by atoms with Gasteiger partial charge in [0.1, 0.15) is 32.3 Å². The number of nitrogens with zero attached hydrogens (tertiary/aromatic N) is 4. The van der Waals surface area contributed by atoms with E-state index in [0.717, 1.165) is 40.7 Å². The molecule has 0 radical (unpaired) electrons. The van der Waals surface area contributed by atoms with Crippen molar-refractivity contribution < 1.29 is 18.6 Å². The lowest BCUT2D eigenvalue weighted by Gasteiger charge is -2.31. The minimum Gasteiger partial charge on any atom is -0.388 e. The Labute approximate surface area is 208 Å². The van der Waals surface area contributed by atoms with Gasteiger partial charge in [0.25, 0.3) is 0 Å². The Morgan fingerprint density at radius 1 is 1.11 bits per heavy atom. The highest BCUT2D eigenvalue weighted by Gasteiger charge is 2.48. The number of aryl methyl sites for hydroxylation is 3. The molecule has 35 heavy (non-hydrogen) atoms. The Morgan fingerprint density at radius 2 is 1.86 bits per heavy atom. The number of hydrogen-bond donors (Lipinski definition) is 4. The topological polar surface area (TPSA) is 150 Å². The normalized spacial score (nSPS) is 24.7. The monoisotopic (exact) mass is 518 g/mol. The van der Waals surface area contributed by atoms with E-state index in [2.05, 4.69) is 25.6 Å². The zero-order valence-corrected chi connectivity index (χ0v) is 21.8. The third-order valence-electron chi connectivity index (χ3n) is 6.58. The second-order valence-corrected chi connectivity index (χ2v) is 13.1. The Morgan fingerprint density at radius 3 is 2.54 bits per heavy atom. The van der Waals surface area contributed by atoms with E-state index in [1.54, 1.807) is 0 Å². The van der Waals surface area contributed by atoms with E-state index in [0.29, 0.717) is 40.5 Å². The standard InChI is InChI=1S/C23H30N6O4S2/c1-11-9-16-18(13(3)24-11)27-21(34-16)17-12(2)25-22(26-15-5-6-15)28-20(17)29-23(31)8-7-14(19(23)30)10-35(4,32)33/h9,14-15,19,30-31H,5-8,10H2,1-4H3,(H2,25,26,28,29). The van der Waals surface area contributed by atoms with Crippen LogP contribution in [-0.4, -0.2) is 68.4 Å². The van der Waals surface area contributed by atoms with Crippen molar-refractivity contribution in [1.29, 1.82) is 0 Å². The Balaban J connectivity index is 1.57. The summed E-state index contributed by atoms with van der Waals surface area (Å²) in [6.07, 6.45) is 2.51. The first-order chi connectivity index (χ1) is 16.4. The number of pyridine rings is 1. The molecular weight excluding hydrogens is 488 g/mol. The summed E-state index contributed by atoms with van der Waals surface area (Å²) >= 11 is 1.49. The lowest BCUT2D eigenvalue weighted by molar-refractivity contribution is -0.0442. The van der Waals surface area contributed by atoms with Gasteiger partial charge >= 0.3 is 0 Å². The van der Waals surface area contributed by atoms with Gasteiger partial charge in [-0.15, -0.1) is 11.3 Å². The fraction of sp³-hybridized carbons (Fsp3) is 0.565. The largest absolute Gasteiger partial charge is 0.388 e. The van der Waals surface area contributed by atoms with E-state index in [4.69, 9.17) is 4.98 Å². The van der Waals surface area contributed by atoms with Crippen LogP contribution >= 0.6 is 11.3 Å². The molecule has 0 spiro atoms. The molecule has 3 heterocycles. The van der Waals surface area contributed by atoms with Crippen LogP contribution in [-0.2, 0) is 9.84 Å². The average molecular weight is 519 g/mol. The fourth-order valence-electron chi connectivity index (χ4n) is 4.74. The first-order valence-corrected chi connectivity index (χ1v) is 14.6. The first-order valence-electron chi connectivity index (χ1n) is 11.7. The van der Waals surface area contributed by atoms with Crippen LogP contribution in [0.4, 0.5) is 11.8 Å². The van der Waals surface area contributed by atoms with E-state index in [-0.39, 0.29) is 12.2 Å². The average Bonchev–Trinajstić information content (AvgIpc) is 3.38. The minimum absolute atomic E-state index is 0.185. The minimum atomic E-state index is -3.31. The summed E-state index contributed by atoms with van der Waals surface area (Å²) in [5.74, 6) is 0.0294. The maximum atomic E-state index is 11.8. The number of aliphatic hydroxyl groups is 2. The summed E-state index contributed by atoms with van der Waals surface area (Å²) in [7, 11) is -3.31. The molecule has 188 valence electrons. The van der Waals surface area contributed by atoms with Gasteiger partial charge in [0.15, 0.2) is 5.72 Å². The fourth-order valence-corrected chi connectivity index (χ4v) is 7.07. The SMILES string of the molecule is Cc1cc2sc(-c3c(C)nc(NC4CC4)nc3NC3(O)CCC(CS(C)(=O)=O)C3O)nc2c(C)n1. The van der Waals surface area contributed by atoms with Crippen molar-refractivity contribution in [2.24, 2.45) is 5.92 Å². The molecule has 3 aromatic heterocycles. The molecular formula is C23H30N6O4S2. The Hall–Kier alpha value is -2.41. The molecule has 3 atom stereocenters. The summed E-state index contributed by atoms with van der Waals surface area (Å²) in [4.78, 5) is 18.7. The van der Waals surface area contributed by atoms with E-state index in [1.807, 2.05) is 26.8 Å². The second-order valence-electron chi connectivity index (χ2n) is 9.87. The van der Waals surface area contributed by atoms with E-state index >= 15 is 0 Å². The summed E-state index contributed by atoms with van der Waals surface area (Å²) in [5, 5.41) is 29.3. The maximum absolute atomic E-state index is 11.8. The number of nitrogens with one attached hydrogen (secondary N) is 2. The number of hydrogen-bond acceptors (Lipinski definition) is 11. The highest BCUT2D eigenvalue weighted by atomic mass is 32.2. The molecule has 0 bridgehead atoms. The zero-order chi connectivity index (χ0) is 25.1. The number of aliphatic hydroxyl groups excluding tert-OH is 1. The molecule has 0 saturated heterocycles. The molecule has 2 aliphatic rings. The predicted octanol–water partition coefficient (Wildman–Crippen LogP) is 2.56. The molecule has 4 N–H and O–H groups in total. The van der Waals surface area contributed by atoms with Crippen molar-refractivity contribution in [3.8, 4) is 10.6 Å². The van der Waals surface area contributed by atoms with Crippen molar-refractivity contribution >= 4 is 43.2 Å². The number of aromatic nitrogens is 4. The van der Waals surface area contributed by atoms with Crippen molar-refractivity contribution in [3.63, 3.8) is 0 Å². The van der Waals surface area contributed by atoms with Crippen molar-refractivity contribution in [3.05, 3.63) is 23.1 Å². The van der Waals surface area contributed by atoms with Crippen LogP contribution in [0.25, 0.3) is 20.8 Å². The molecule has 5 rings (SSSR count). The number of fused-ring (bicyclic) bond motifs is 1. The quantitative estimate of drug-likeness (QED) is 0.344. The zero-order valence-electron chi connectivity index (χ0n) is 20.2. The molecule has 12 heteroatoms. The predicted molar refractivity (Wildman–Crippen MR) is 136 cm³/mol. The molecule has 2 saturated carbocycles. The molecule has 2 aliphatic carbocycles. The van der Waals surface area contributed by atoms with Gasteiger partial charge in [0.2, 0.25) is 5.95 Å². The number of rotatable bonds is 7. The molecule has 10 nitrogen and oxygen atoms in total. The first kappa shape index (κ1) is 24.3. The number of anilines is 2. The highest BCUT2D eigenvalue weighted by molar-refractivity contribution is 7.90. The van der Waals surface area contributed by atoms with Crippen molar-refractivity contribution in [2.45, 2.75) is 64.3 Å². The van der Waals surface area contributed by atoms with Crippen LogP contribution in [0.15, 0.2) is 6.07 Å². The number of sulfone groups is 1. The maximum Gasteiger partial charge on any atom is 0.225 e. The van der Waals surface area contributed by atoms with Crippen LogP contribution < -0.4 is 10.6 Å². The molecule has 3 aromatic rings. The summed E-state index contributed by atoms with van der Waals surface area (Å²) in [5.41, 5.74) is 2.12. The molecule has 2 fully saturated rings. The van der Waals surface area contributed by atoms with Gasteiger partial charge in [-0.05, 0) is 52.5 Å². The summed E-state index contributed by atoms with van der Waals surface area (Å²) < 4.78 is 24.6. The van der Waals surface area contributed by atoms with Gasteiger partial charge in [-0.25, -0.2) is 18.4 Å². The Kier molecular flexibility index (Phi) is 5.98. The third-order valence-corrected chi connectivity index (χ3v) is 8.63. The van der Waals surface area contributed by atoms with Gasteiger partial charge in [-0.1, -0.05) is 0 Å². The molecule has 3 unspecified atom stereocenters. The van der Waals surface area contributed by atoms with Gasteiger partial charge in [-0.2, -0.15) is 4.98 Å². The van der Waals surface area contributed by atoms with Gasteiger partial charge in [-0.3, -0.25) is 4.98 Å². The van der Waals surface area contributed by atoms with Crippen LogP contribution in [0.1, 0.15) is 42.8 Å². The van der Waals surface area contributed by atoms with Gasteiger partial charge in [0.05, 0.1) is 27.4 Å². The molecule has 0 amide bonds. The smallest absolute Gasteiger partial charge is 0.225 e. The van der Waals surface area contributed by atoms with Crippen molar-refractivity contribution in [1.82, 2.24) is 19.9 Å².